The monoisotopic (exact) mass is 251 g/mol. The highest BCUT2D eigenvalue weighted by atomic mass is 19.1. The summed E-state index contributed by atoms with van der Waals surface area (Å²) in [5, 5.41) is 3.28. The van der Waals surface area contributed by atoms with Crippen molar-refractivity contribution in [1.29, 1.82) is 0 Å². The molecule has 98 valence electrons. The molecule has 2 rings (SSSR count). The van der Waals surface area contributed by atoms with E-state index >= 15 is 0 Å². The first-order valence-electron chi connectivity index (χ1n) is 6.25. The molecule has 0 aromatic heterocycles. The van der Waals surface area contributed by atoms with Crippen molar-refractivity contribution >= 4 is 5.97 Å². The normalized spacial score (nSPS) is 22.3. The molecule has 0 aliphatic heterocycles. The van der Waals surface area contributed by atoms with Crippen LogP contribution in [0, 0.1) is 5.82 Å². The van der Waals surface area contributed by atoms with Crippen molar-refractivity contribution in [2.45, 2.75) is 31.2 Å². The number of esters is 1. The van der Waals surface area contributed by atoms with Gasteiger partial charge in [0.15, 0.2) is 0 Å². The zero-order valence-corrected chi connectivity index (χ0v) is 10.5. The quantitative estimate of drug-likeness (QED) is 0.815. The van der Waals surface area contributed by atoms with Crippen LogP contribution in [-0.4, -0.2) is 25.7 Å². The molecular formula is C14H18FNO2. The molecule has 18 heavy (non-hydrogen) atoms. The molecule has 0 atom stereocenters. The lowest BCUT2D eigenvalue weighted by atomic mass is 9.75. The Kier molecular flexibility index (Phi) is 4.31. The van der Waals surface area contributed by atoms with Gasteiger partial charge in [-0.3, -0.25) is 4.79 Å². The van der Waals surface area contributed by atoms with E-state index in [4.69, 9.17) is 0 Å². The number of rotatable bonds is 5. The van der Waals surface area contributed by atoms with E-state index in [-0.39, 0.29) is 11.8 Å². The third-order valence-electron chi connectivity index (χ3n) is 3.47. The molecule has 1 aliphatic carbocycles. The van der Waals surface area contributed by atoms with Gasteiger partial charge in [0.05, 0.1) is 13.5 Å². The number of ether oxygens (including phenoxy) is 1. The third-order valence-corrected chi connectivity index (χ3v) is 3.47. The maximum Gasteiger partial charge on any atom is 0.306 e. The molecule has 1 aromatic rings. The van der Waals surface area contributed by atoms with Crippen LogP contribution in [0.5, 0.6) is 0 Å². The van der Waals surface area contributed by atoms with Gasteiger partial charge in [-0.05, 0) is 30.4 Å². The van der Waals surface area contributed by atoms with Gasteiger partial charge >= 0.3 is 5.97 Å². The number of nitrogens with one attached hydrogen (secondary N) is 1. The van der Waals surface area contributed by atoms with Crippen molar-refractivity contribution in [3.63, 3.8) is 0 Å². The van der Waals surface area contributed by atoms with Gasteiger partial charge in [0, 0.05) is 12.6 Å². The summed E-state index contributed by atoms with van der Waals surface area (Å²) in [5.74, 6) is -0.00943. The Balaban J connectivity index is 1.71. The van der Waals surface area contributed by atoms with Crippen molar-refractivity contribution in [1.82, 2.24) is 5.32 Å². The SMILES string of the molecule is COC(=O)CCNC1CC(c2ccccc2F)C1. The van der Waals surface area contributed by atoms with E-state index < -0.39 is 0 Å². The Morgan fingerprint density at radius 1 is 1.44 bits per heavy atom. The van der Waals surface area contributed by atoms with Crippen LogP contribution < -0.4 is 5.32 Å². The van der Waals surface area contributed by atoms with Gasteiger partial charge in [0.1, 0.15) is 5.82 Å². The molecule has 1 aliphatic rings. The van der Waals surface area contributed by atoms with Crippen molar-refractivity contribution in [3.05, 3.63) is 35.6 Å². The molecule has 0 bridgehead atoms. The summed E-state index contributed by atoms with van der Waals surface area (Å²) in [6.07, 6.45) is 2.25. The summed E-state index contributed by atoms with van der Waals surface area (Å²) in [6.45, 7) is 0.626. The van der Waals surface area contributed by atoms with Gasteiger partial charge in [-0.15, -0.1) is 0 Å². The van der Waals surface area contributed by atoms with E-state index in [2.05, 4.69) is 10.1 Å². The van der Waals surface area contributed by atoms with Crippen LogP contribution >= 0.6 is 0 Å². The van der Waals surface area contributed by atoms with Crippen LogP contribution in [0.4, 0.5) is 4.39 Å². The Morgan fingerprint density at radius 3 is 2.83 bits per heavy atom. The molecule has 1 aromatic carbocycles. The molecule has 1 N–H and O–H groups in total. The van der Waals surface area contributed by atoms with E-state index in [0.29, 0.717) is 24.9 Å². The molecular weight excluding hydrogens is 233 g/mol. The van der Waals surface area contributed by atoms with Crippen molar-refractivity contribution in [2.24, 2.45) is 0 Å². The van der Waals surface area contributed by atoms with Gasteiger partial charge in [0.25, 0.3) is 0 Å². The summed E-state index contributed by atoms with van der Waals surface area (Å²) < 4.78 is 18.1. The predicted molar refractivity (Wildman–Crippen MR) is 66.8 cm³/mol. The highest BCUT2D eigenvalue weighted by Crippen LogP contribution is 2.37. The first-order chi connectivity index (χ1) is 8.70. The van der Waals surface area contributed by atoms with E-state index in [0.717, 1.165) is 18.4 Å². The summed E-state index contributed by atoms with van der Waals surface area (Å²) >= 11 is 0. The second-order valence-corrected chi connectivity index (χ2v) is 4.67. The molecule has 1 saturated carbocycles. The van der Waals surface area contributed by atoms with Gasteiger partial charge in [-0.2, -0.15) is 0 Å². The fraction of sp³-hybridized carbons (Fsp3) is 0.500. The van der Waals surface area contributed by atoms with Crippen molar-refractivity contribution in [2.75, 3.05) is 13.7 Å². The smallest absolute Gasteiger partial charge is 0.306 e. The Labute approximate surface area is 106 Å². The van der Waals surface area contributed by atoms with Crippen LogP contribution in [0.3, 0.4) is 0 Å². The number of carbonyl (C=O) groups is 1. The fourth-order valence-electron chi connectivity index (χ4n) is 2.33. The van der Waals surface area contributed by atoms with E-state index in [1.807, 2.05) is 12.1 Å². The number of hydrogen-bond donors (Lipinski definition) is 1. The van der Waals surface area contributed by atoms with Gasteiger partial charge in [-0.1, -0.05) is 18.2 Å². The topological polar surface area (TPSA) is 38.3 Å². The number of methoxy groups -OCH3 is 1. The fourth-order valence-corrected chi connectivity index (χ4v) is 2.33. The molecule has 1 fully saturated rings. The highest BCUT2D eigenvalue weighted by Gasteiger charge is 2.31. The molecule has 0 unspecified atom stereocenters. The summed E-state index contributed by atoms with van der Waals surface area (Å²) in [7, 11) is 1.39. The zero-order chi connectivity index (χ0) is 13.0. The average molecular weight is 251 g/mol. The van der Waals surface area contributed by atoms with Crippen molar-refractivity contribution in [3.8, 4) is 0 Å². The Morgan fingerprint density at radius 2 is 2.17 bits per heavy atom. The first-order valence-corrected chi connectivity index (χ1v) is 6.25. The molecule has 0 heterocycles. The molecule has 0 radical (unpaired) electrons. The minimum absolute atomic E-state index is 0.115. The van der Waals surface area contributed by atoms with Crippen molar-refractivity contribution < 1.29 is 13.9 Å². The van der Waals surface area contributed by atoms with E-state index in [1.54, 1.807) is 6.07 Å². The van der Waals surface area contributed by atoms with Gasteiger partial charge in [-0.25, -0.2) is 4.39 Å². The number of carbonyl (C=O) groups excluding carboxylic acids is 1. The summed E-state index contributed by atoms with van der Waals surface area (Å²) in [6, 6.07) is 7.33. The van der Waals surface area contributed by atoms with Crippen LogP contribution in [0.15, 0.2) is 24.3 Å². The predicted octanol–water partition coefficient (Wildman–Crippen LogP) is 2.22. The van der Waals surface area contributed by atoms with Crippen LogP contribution in [0.1, 0.15) is 30.7 Å². The molecule has 0 saturated heterocycles. The number of benzene rings is 1. The second kappa shape index (κ2) is 5.96. The highest BCUT2D eigenvalue weighted by molar-refractivity contribution is 5.69. The van der Waals surface area contributed by atoms with Gasteiger partial charge < -0.3 is 10.1 Å². The Hall–Kier alpha value is -1.42. The maximum atomic E-state index is 13.5. The van der Waals surface area contributed by atoms with Crippen LogP contribution in [0.2, 0.25) is 0 Å². The largest absolute Gasteiger partial charge is 0.469 e. The second-order valence-electron chi connectivity index (χ2n) is 4.67. The number of halogens is 1. The maximum absolute atomic E-state index is 13.5. The van der Waals surface area contributed by atoms with E-state index in [1.165, 1.54) is 13.2 Å². The minimum Gasteiger partial charge on any atom is -0.469 e. The number of hydrogen-bond acceptors (Lipinski definition) is 3. The lowest BCUT2D eigenvalue weighted by Gasteiger charge is -2.36. The molecule has 0 spiro atoms. The Bertz CT molecular complexity index is 416. The lowest BCUT2D eigenvalue weighted by Crippen LogP contribution is -2.41. The van der Waals surface area contributed by atoms with Gasteiger partial charge in [0.2, 0.25) is 0 Å². The zero-order valence-electron chi connectivity index (χ0n) is 10.5. The molecule has 3 nitrogen and oxygen atoms in total. The molecule has 0 amide bonds. The minimum atomic E-state index is -0.201. The van der Waals surface area contributed by atoms with E-state index in [9.17, 15) is 9.18 Å². The third kappa shape index (κ3) is 3.07. The summed E-state index contributed by atoms with van der Waals surface area (Å²) in [4.78, 5) is 10.9. The first kappa shape index (κ1) is 13.0. The van der Waals surface area contributed by atoms with Crippen LogP contribution in [0.25, 0.3) is 0 Å². The molecule has 4 heteroatoms. The summed E-state index contributed by atoms with van der Waals surface area (Å²) in [5.41, 5.74) is 0.809. The van der Waals surface area contributed by atoms with Crippen LogP contribution in [-0.2, 0) is 9.53 Å². The lowest BCUT2D eigenvalue weighted by molar-refractivity contribution is -0.140. The standard InChI is InChI=1S/C14H18FNO2/c1-18-14(17)6-7-16-11-8-10(9-11)12-4-2-3-5-13(12)15/h2-5,10-11,16H,6-9H2,1H3. The average Bonchev–Trinajstić information content (AvgIpc) is 2.33.